The quantitative estimate of drug-likeness (QED) is 0.586. The molecule has 0 aliphatic rings. The summed E-state index contributed by atoms with van der Waals surface area (Å²) in [6, 6.07) is 7.49. The fourth-order valence-corrected chi connectivity index (χ4v) is 2.59. The lowest BCUT2D eigenvalue weighted by atomic mass is 10.1. The van der Waals surface area contributed by atoms with Gasteiger partial charge in [0, 0.05) is 17.6 Å². The van der Waals surface area contributed by atoms with Crippen LogP contribution in [0.3, 0.4) is 0 Å². The van der Waals surface area contributed by atoms with Crippen LogP contribution in [0.4, 0.5) is 13.2 Å². The number of H-pyrrole nitrogens is 1. The number of halogens is 3. The summed E-state index contributed by atoms with van der Waals surface area (Å²) in [5.74, 6) is -2.22. The van der Waals surface area contributed by atoms with Gasteiger partial charge >= 0.3 is 0 Å². The summed E-state index contributed by atoms with van der Waals surface area (Å²) < 4.78 is 42.2. The number of nitrogens with zero attached hydrogens (tertiary/aromatic N) is 2. The number of aromatic nitrogens is 3. The van der Waals surface area contributed by atoms with Crippen LogP contribution in [0.25, 0.3) is 27.5 Å². The molecule has 2 heterocycles. The summed E-state index contributed by atoms with van der Waals surface area (Å²) in [6.45, 7) is 0. The minimum absolute atomic E-state index is 0.0127. The number of para-hydroxylation sites is 1. The van der Waals surface area contributed by atoms with E-state index in [1.54, 1.807) is 6.07 Å². The van der Waals surface area contributed by atoms with Crippen LogP contribution in [-0.2, 0) is 0 Å². The molecule has 0 radical (unpaired) electrons. The molecule has 0 spiro atoms. The first-order chi connectivity index (χ1) is 11.1. The SMILES string of the molecule is O=c1c2cnc3c(F)cc(F)cc3c2[nH]n1-c1ccccc1F. The van der Waals surface area contributed by atoms with Gasteiger partial charge in [-0.2, -0.15) is 0 Å². The van der Waals surface area contributed by atoms with Crippen molar-refractivity contribution in [1.29, 1.82) is 0 Å². The summed E-state index contributed by atoms with van der Waals surface area (Å²) in [5, 5.41) is 2.94. The Morgan fingerprint density at radius 3 is 2.57 bits per heavy atom. The molecule has 0 bridgehead atoms. The lowest BCUT2D eigenvalue weighted by Crippen LogP contribution is -2.15. The van der Waals surface area contributed by atoms with Crippen molar-refractivity contribution < 1.29 is 13.2 Å². The van der Waals surface area contributed by atoms with Crippen molar-refractivity contribution in [3.8, 4) is 5.69 Å². The lowest BCUT2D eigenvalue weighted by Gasteiger charge is -2.02. The molecule has 0 aliphatic heterocycles. The van der Waals surface area contributed by atoms with E-state index in [0.29, 0.717) is 6.07 Å². The van der Waals surface area contributed by atoms with Crippen LogP contribution < -0.4 is 5.56 Å². The van der Waals surface area contributed by atoms with Gasteiger partial charge in [-0.25, -0.2) is 17.9 Å². The molecule has 2 aromatic carbocycles. The van der Waals surface area contributed by atoms with E-state index < -0.39 is 23.0 Å². The second kappa shape index (κ2) is 4.70. The second-order valence-electron chi connectivity index (χ2n) is 5.03. The van der Waals surface area contributed by atoms with Gasteiger partial charge in [0.1, 0.15) is 22.8 Å². The highest BCUT2D eigenvalue weighted by molar-refractivity contribution is 6.02. The van der Waals surface area contributed by atoms with Crippen molar-refractivity contribution >= 4 is 21.8 Å². The van der Waals surface area contributed by atoms with Gasteiger partial charge in [-0.1, -0.05) is 12.1 Å². The maximum atomic E-state index is 13.9. The molecule has 0 saturated heterocycles. The molecule has 0 amide bonds. The van der Waals surface area contributed by atoms with Crippen LogP contribution in [0.1, 0.15) is 0 Å². The number of hydrogen-bond donors (Lipinski definition) is 1. The van der Waals surface area contributed by atoms with Gasteiger partial charge in [0.15, 0.2) is 5.82 Å². The van der Waals surface area contributed by atoms with Crippen molar-refractivity contribution in [3.63, 3.8) is 0 Å². The van der Waals surface area contributed by atoms with E-state index in [1.165, 1.54) is 24.4 Å². The minimum atomic E-state index is -0.832. The van der Waals surface area contributed by atoms with Crippen molar-refractivity contribution in [2.75, 3.05) is 0 Å². The van der Waals surface area contributed by atoms with Crippen LogP contribution in [0.15, 0.2) is 47.4 Å². The molecule has 1 N–H and O–H groups in total. The number of benzene rings is 2. The van der Waals surface area contributed by atoms with Crippen molar-refractivity contribution in [2.24, 2.45) is 0 Å². The number of rotatable bonds is 1. The first kappa shape index (κ1) is 13.6. The van der Waals surface area contributed by atoms with Gasteiger partial charge in [0.2, 0.25) is 0 Å². The monoisotopic (exact) mass is 315 g/mol. The maximum Gasteiger partial charge on any atom is 0.280 e. The second-order valence-corrected chi connectivity index (χ2v) is 5.03. The molecule has 0 aliphatic carbocycles. The van der Waals surface area contributed by atoms with Gasteiger partial charge in [-0.05, 0) is 18.2 Å². The van der Waals surface area contributed by atoms with E-state index in [9.17, 15) is 18.0 Å². The third-order valence-electron chi connectivity index (χ3n) is 3.64. The van der Waals surface area contributed by atoms with Crippen LogP contribution in [0.5, 0.6) is 0 Å². The largest absolute Gasteiger partial charge is 0.289 e. The van der Waals surface area contributed by atoms with Gasteiger partial charge < -0.3 is 0 Å². The first-order valence-electron chi connectivity index (χ1n) is 6.69. The molecule has 7 heteroatoms. The summed E-state index contributed by atoms with van der Waals surface area (Å²) in [6.07, 6.45) is 1.19. The predicted octanol–water partition coefficient (Wildman–Crippen LogP) is 3.28. The zero-order valence-corrected chi connectivity index (χ0v) is 11.5. The Labute approximate surface area is 126 Å². The Morgan fingerprint density at radius 1 is 1.00 bits per heavy atom. The zero-order chi connectivity index (χ0) is 16.1. The maximum absolute atomic E-state index is 13.9. The van der Waals surface area contributed by atoms with E-state index in [2.05, 4.69) is 10.1 Å². The Bertz CT molecular complexity index is 1130. The van der Waals surface area contributed by atoms with E-state index in [-0.39, 0.29) is 27.5 Å². The smallest absolute Gasteiger partial charge is 0.280 e. The molecule has 0 saturated carbocycles. The highest BCUT2D eigenvalue weighted by atomic mass is 19.1. The number of fused-ring (bicyclic) bond motifs is 3. The number of pyridine rings is 1. The van der Waals surface area contributed by atoms with Crippen LogP contribution in [0, 0.1) is 17.5 Å². The molecule has 2 aromatic heterocycles. The fourth-order valence-electron chi connectivity index (χ4n) is 2.59. The van der Waals surface area contributed by atoms with Crippen LogP contribution in [0.2, 0.25) is 0 Å². The molecule has 0 atom stereocenters. The average Bonchev–Trinajstić information content (AvgIpc) is 2.85. The Kier molecular flexibility index (Phi) is 2.77. The number of aromatic amines is 1. The van der Waals surface area contributed by atoms with Gasteiger partial charge in [-0.15, -0.1) is 0 Å². The Morgan fingerprint density at radius 2 is 1.78 bits per heavy atom. The summed E-state index contributed by atoms with van der Waals surface area (Å²) >= 11 is 0. The lowest BCUT2D eigenvalue weighted by molar-refractivity contribution is 0.590. The van der Waals surface area contributed by atoms with E-state index >= 15 is 0 Å². The zero-order valence-electron chi connectivity index (χ0n) is 11.5. The molecule has 0 fully saturated rings. The standard InChI is InChI=1S/C16H8F3N3O/c17-8-5-9-14-10(7-20-15(9)12(19)6-8)16(23)22(21-14)13-4-2-1-3-11(13)18/h1-7,21H. The number of nitrogens with one attached hydrogen (secondary N) is 1. The van der Waals surface area contributed by atoms with E-state index in [4.69, 9.17) is 0 Å². The van der Waals surface area contributed by atoms with E-state index in [0.717, 1.165) is 10.7 Å². The van der Waals surface area contributed by atoms with Gasteiger partial charge in [-0.3, -0.25) is 14.9 Å². The Balaban J connectivity index is 2.14. The van der Waals surface area contributed by atoms with Crippen LogP contribution >= 0.6 is 0 Å². The van der Waals surface area contributed by atoms with Crippen molar-refractivity contribution in [3.05, 3.63) is 70.4 Å². The third-order valence-corrected chi connectivity index (χ3v) is 3.64. The molecule has 114 valence electrons. The molecule has 4 rings (SSSR count). The highest BCUT2D eigenvalue weighted by Crippen LogP contribution is 2.24. The molecule has 4 aromatic rings. The van der Waals surface area contributed by atoms with Crippen molar-refractivity contribution in [2.45, 2.75) is 0 Å². The first-order valence-corrected chi connectivity index (χ1v) is 6.69. The third kappa shape index (κ3) is 1.93. The molecular weight excluding hydrogens is 307 g/mol. The average molecular weight is 315 g/mol. The van der Waals surface area contributed by atoms with Crippen LogP contribution in [-0.4, -0.2) is 14.8 Å². The normalized spacial score (nSPS) is 11.4. The molecule has 0 unspecified atom stereocenters. The van der Waals surface area contributed by atoms with Crippen molar-refractivity contribution in [1.82, 2.24) is 14.8 Å². The Hall–Kier alpha value is -3.09. The summed E-state index contributed by atoms with van der Waals surface area (Å²) in [5.41, 5.74) is -0.412. The molecular formula is C16H8F3N3O. The summed E-state index contributed by atoms with van der Waals surface area (Å²) in [4.78, 5) is 16.3. The predicted molar refractivity (Wildman–Crippen MR) is 79.1 cm³/mol. The molecule has 23 heavy (non-hydrogen) atoms. The van der Waals surface area contributed by atoms with Gasteiger partial charge in [0.25, 0.3) is 5.56 Å². The topological polar surface area (TPSA) is 50.7 Å². The fraction of sp³-hybridized carbons (Fsp3) is 0. The van der Waals surface area contributed by atoms with Gasteiger partial charge in [0.05, 0.1) is 10.9 Å². The minimum Gasteiger partial charge on any atom is -0.289 e. The number of hydrogen-bond acceptors (Lipinski definition) is 2. The van der Waals surface area contributed by atoms with E-state index in [1.807, 2.05) is 0 Å². The molecule has 4 nitrogen and oxygen atoms in total. The highest BCUT2D eigenvalue weighted by Gasteiger charge is 2.16. The summed E-state index contributed by atoms with van der Waals surface area (Å²) in [7, 11) is 0.